The maximum Gasteiger partial charge on any atom is 0.253 e. The van der Waals surface area contributed by atoms with Crippen LogP contribution < -0.4 is 5.32 Å². The number of hydrogen-bond donors (Lipinski definition) is 1. The van der Waals surface area contributed by atoms with Gasteiger partial charge in [0.25, 0.3) is 5.91 Å². The van der Waals surface area contributed by atoms with Crippen LogP contribution in [0.3, 0.4) is 0 Å². The van der Waals surface area contributed by atoms with Gasteiger partial charge in [-0.1, -0.05) is 37.3 Å². The van der Waals surface area contributed by atoms with Gasteiger partial charge >= 0.3 is 0 Å². The van der Waals surface area contributed by atoms with E-state index in [2.05, 4.69) is 36.5 Å². The summed E-state index contributed by atoms with van der Waals surface area (Å²) in [5, 5.41) is 2.96. The van der Waals surface area contributed by atoms with Gasteiger partial charge in [-0.05, 0) is 35.7 Å². The van der Waals surface area contributed by atoms with Gasteiger partial charge in [-0.3, -0.25) is 4.79 Å². The third-order valence-corrected chi connectivity index (χ3v) is 3.65. The molecule has 2 heterocycles. The highest BCUT2D eigenvalue weighted by Crippen LogP contribution is 2.10. The molecule has 0 aliphatic heterocycles. The minimum absolute atomic E-state index is 0.0433. The minimum atomic E-state index is -0.0433. The second kappa shape index (κ2) is 5.83. The summed E-state index contributed by atoms with van der Waals surface area (Å²) in [5.41, 5.74) is 4.13. The molecule has 3 nitrogen and oxygen atoms in total. The van der Waals surface area contributed by atoms with E-state index < -0.39 is 0 Å². The van der Waals surface area contributed by atoms with E-state index in [1.54, 1.807) is 0 Å². The Morgan fingerprint density at radius 1 is 1.10 bits per heavy atom. The molecule has 1 N–H and O–H groups in total. The topological polar surface area (TPSA) is 33.5 Å². The quantitative estimate of drug-likeness (QED) is 0.779. The zero-order valence-electron chi connectivity index (χ0n) is 12.0. The Bertz CT molecular complexity index is 723. The fraction of sp³-hybridized carbons (Fsp3) is 0.167. The Hall–Kier alpha value is -2.55. The number of fused-ring (bicyclic) bond motifs is 1. The van der Waals surface area contributed by atoms with Gasteiger partial charge in [0, 0.05) is 24.5 Å². The van der Waals surface area contributed by atoms with Gasteiger partial charge in [-0.2, -0.15) is 0 Å². The van der Waals surface area contributed by atoms with Gasteiger partial charge in [-0.25, -0.2) is 0 Å². The highest BCUT2D eigenvalue weighted by atomic mass is 16.1. The molecule has 0 atom stereocenters. The first kappa shape index (κ1) is 13.4. The SMILES string of the molecule is CCc1ccc(CNC(=O)c2cc3ccccn3c2)cc1. The molecule has 1 aromatic carbocycles. The van der Waals surface area contributed by atoms with Crippen LogP contribution in [-0.2, 0) is 13.0 Å². The Labute approximate surface area is 124 Å². The van der Waals surface area contributed by atoms with E-state index in [1.807, 2.05) is 41.1 Å². The molecule has 3 heteroatoms. The van der Waals surface area contributed by atoms with E-state index in [0.717, 1.165) is 17.5 Å². The number of carbonyl (C=O) groups is 1. The summed E-state index contributed by atoms with van der Waals surface area (Å²) in [4.78, 5) is 12.2. The fourth-order valence-corrected chi connectivity index (χ4v) is 2.36. The molecule has 0 fully saturated rings. The molecule has 2 aromatic heterocycles. The third kappa shape index (κ3) is 2.97. The lowest BCUT2D eigenvalue weighted by Crippen LogP contribution is -2.22. The van der Waals surface area contributed by atoms with Crippen LogP contribution in [-0.4, -0.2) is 10.3 Å². The molecule has 0 unspecified atom stereocenters. The van der Waals surface area contributed by atoms with Crippen molar-refractivity contribution in [3.8, 4) is 0 Å². The number of benzene rings is 1. The summed E-state index contributed by atoms with van der Waals surface area (Å²) in [7, 11) is 0. The van der Waals surface area contributed by atoms with Crippen LogP contribution in [0.15, 0.2) is 60.9 Å². The van der Waals surface area contributed by atoms with Gasteiger partial charge in [-0.15, -0.1) is 0 Å². The number of carbonyl (C=O) groups excluding carboxylic acids is 1. The van der Waals surface area contributed by atoms with E-state index in [1.165, 1.54) is 5.56 Å². The van der Waals surface area contributed by atoms with Crippen molar-refractivity contribution in [1.29, 1.82) is 0 Å². The first-order valence-corrected chi connectivity index (χ1v) is 7.19. The molecule has 0 radical (unpaired) electrons. The summed E-state index contributed by atoms with van der Waals surface area (Å²) in [5.74, 6) is -0.0433. The van der Waals surface area contributed by atoms with Crippen molar-refractivity contribution in [3.05, 3.63) is 77.6 Å². The maximum atomic E-state index is 12.2. The van der Waals surface area contributed by atoms with Crippen molar-refractivity contribution in [1.82, 2.24) is 9.72 Å². The van der Waals surface area contributed by atoms with Crippen molar-refractivity contribution < 1.29 is 4.79 Å². The average Bonchev–Trinajstić information content (AvgIpc) is 2.97. The summed E-state index contributed by atoms with van der Waals surface area (Å²) >= 11 is 0. The lowest BCUT2D eigenvalue weighted by Gasteiger charge is -2.05. The number of rotatable bonds is 4. The number of nitrogens with one attached hydrogen (secondary N) is 1. The maximum absolute atomic E-state index is 12.2. The molecule has 0 saturated heterocycles. The van der Waals surface area contributed by atoms with Crippen molar-refractivity contribution in [2.75, 3.05) is 0 Å². The summed E-state index contributed by atoms with van der Waals surface area (Å²) < 4.78 is 1.95. The van der Waals surface area contributed by atoms with Crippen molar-refractivity contribution in [2.45, 2.75) is 19.9 Å². The largest absolute Gasteiger partial charge is 0.348 e. The Morgan fingerprint density at radius 2 is 1.86 bits per heavy atom. The van der Waals surface area contributed by atoms with Gasteiger partial charge < -0.3 is 9.72 Å². The van der Waals surface area contributed by atoms with Crippen LogP contribution in [0.1, 0.15) is 28.4 Å². The van der Waals surface area contributed by atoms with Crippen molar-refractivity contribution in [3.63, 3.8) is 0 Å². The second-order valence-electron chi connectivity index (χ2n) is 5.11. The summed E-state index contributed by atoms with van der Waals surface area (Å²) in [6.07, 6.45) is 4.82. The lowest BCUT2D eigenvalue weighted by atomic mass is 10.1. The van der Waals surface area contributed by atoms with Crippen LogP contribution in [0.4, 0.5) is 0 Å². The number of hydrogen-bond acceptors (Lipinski definition) is 1. The van der Waals surface area contributed by atoms with Crippen molar-refractivity contribution >= 4 is 11.4 Å². The van der Waals surface area contributed by atoms with E-state index in [4.69, 9.17) is 0 Å². The molecule has 3 rings (SSSR count). The zero-order valence-corrected chi connectivity index (χ0v) is 12.0. The predicted molar refractivity (Wildman–Crippen MR) is 84.4 cm³/mol. The van der Waals surface area contributed by atoms with Crippen LogP contribution in [0.5, 0.6) is 0 Å². The van der Waals surface area contributed by atoms with E-state index in [9.17, 15) is 4.79 Å². The molecule has 0 aliphatic rings. The number of amides is 1. The number of pyridine rings is 1. The van der Waals surface area contributed by atoms with Gasteiger partial charge in [0.2, 0.25) is 0 Å². The number of aryl methyl sites for hydroxylation is 1. The molecule has 0 saturated carbocycles. The molecule has 1 amide bonds. The smallest absolute Gasteiger partial charge is 0.253 e. The normalized spacial score (nSPS) is 10.7. The number of nitrogens with zero attached hydrogens (tertiary/aromatic N) is 1. The molecule has 0 bridgehead atoms. The minimum Gasteiger partial charge on any atom is -0.348 e. The average molecular weight is 278 g/mol. The molecule has 0 aliphatic carbocycles. The summed E-state index contributed by atoms with van der Waals surface area (Å²) in [6, 6.07) is 16.1. The first-order valence-electron chi connectivity index (χ1n) is 7.19. The molecule has 3 aromatic rings. The molecular formula is C18H18N2O. The fourth-order valence-electron chi connectivity index (χ4n) is 2.36. The van der Waals surface area contributed by atoms with E-state index in [-0.39, 0.29) is 5.91 Å². The Kier molecular flexibility index (Phi) is 3.73. The highest BCUT2D eigenvalue weighted by Gasteiger charge is 2.08. The lowest BCUT2D eigenvalue weighted by molar-refractivity contribution is 0.0951. The van der Waals surface area contributed by atoms with Gasteiger partial charge in [0.1, 0.15) is 0 Å². The second-order valence-corrected chi connectivity index (χ2v) is 5.11. The molecule has 21 heavy (non-hydrogen) atoms. The zero-order chi connectivity index (χ0) is 14.7. The van der Waals surface area contributed by atoms with Crippen LogP contribution in [0.25, 0.3) is 5.52 Å². The summed E-state index contributed by atoms with van der Waals surface area (Å²) in [6.45, 7) is 2.68. The van der Waals surface area contributed by atoms with E-state index >= 15 is 0 Å². The first-order chi connectivity index (χ1) is 10.3. The Balaban J connectivity index is 1.68. The monoisotopic (exact) mass is 278 g/mol. The Morgan fingerprint density at radius 3 is 2.57 bits per heavy atom. The predicted octanol–water partition coefficient (Wildman–Crippen LogP) is 3.43. The number of aromatic nitrogens is 1. The van der Waals surface area contributed by atoms with E-state index in [0.29, 0.717) is 12.1 Å². The van der Waals surface area contributed by atoms with Crippen LogP contribution in [0, 0.1) is 0 Å². The van der Waals surface area contributed by atoms with Crippen LogP contribution >= 0.6 is 0 Å². The molecular weight excluding hydrogens is 260 g/mol. The van der Waals surface area contributed by atoms with Crippen LogP contribution in [0.2, 0.25) is 0 Å². The third-order valence-electron chi connectivity index (χ3n) is 3.65. The van der Waals surface area contributed by atoms with Gasteiger partial charge in [0.15, 0.2) is 0 Å². The van der Waals surface area contributed by atoms with Gasteiger partial charge in [0.05, 0.1) is 5.56 Å². The molecule has 106 valence electrons. The standard InChI is InChI=1S/C18H18N2O/c1-2-14-6-8-15(9-7-14)12-19-18(21)16-11-17-5-3-4-10-20(17)13-16/h3-11,13H,2,12H2,1H3,(H,19,21). The highest BCUT2D eigenvalue weighted by molar-refractivity contribution is 5.95. The van der Waals surface area contributed by atoms with Crippen molar-refractivity contribution in [2.24, 2.45) is 0 Å². The molecule has 0 spiro atoms.